The lowest BCUT2D eigenvalue weighted by atomic mass is 10.1. The first-order valence-electron chi connectivity index (χ1n) is 11.7. The lowest BCUT2D eigenvalue weighted by Crippen LogP contribution is -2.19. The highest BCUT2D eigenvalue weighted by atomic mass is 35.5. The Labute approximate surface area is 219 Å². The summed E-state index contributed by atoms with van der Waals surface area (Å²) in [5, 5.41) is 9.67. The molecule has 1 aliphatic heterocycles. The third-order valence-corrected chi connectivity index (χ3v) is 6.39. The first-order chi connectivity index (χ1) is 17.9. The Morgan fingerprint density at radius 2 is 1.89 bits per heavy atom. The summed E-state index contributed by atoms with van der Waals surface area (Å²) in [4.78, 5) is 19.1. The van der Waals surface area contributed by atoms with Gasteiger partial charge in [-0.2, -0.15) is 5.10 Å². The van der Waals surface area contributed by atoms with Crippen molar-refractivity contribution in [3.8, 4) is 5.75 Å². The quantitative estimate of drug-likeness (QED) is 0.336. The van der Waals surface area contributed by atoms with E-state index in [-0.39, 0.29) is 5.91 Å². The number of hydroxylamine groups is 1. The summed E-state index contributed by atoms with van der Waals surface area (Å²) in [5.74, 6) is 1.66. The van der Waals surface area contributed by atoms with Crippen molar-refractivity contribution in [2.75, 3.05) is 29.8 Å². The van der Waals surface area contributed by atoms with Crippen LogP contribution in [0.25, 0.3) is 5.76 Å². The molecule has 2 heterocycles. The minimum absolute atomic E-state index is 0.262. The summed E-state index contributed by atoms with van der Waals surface area (Å²) in [5.41, 5.74) is 10.9. The second-order valence-electron chi connectivity index (χ2n) is 8.63. The molecule has 4 aromatic rings. The summed E-state index contributed by atoms with van der Waals surface area (Å²) in [7, 11) is 1.63. The van der Waals surface area contributed by atoms with Crippen LogP contribution in [0.4, 0.5) is 17.2 Å². The van der Waals surface area contributed by atoms with Crippen LogP contribution < -0.4 is 20.9 Å². The van der Waals surface area contributed by atoms with Gasteiger partial charge in [0.25, 0.3) is 5.91 Å². The van der Waals surface area contributed by atoms with Crippen LogP contribution in [0, 0.1) is 6.92 Å². The van der Waals surface area contributed by atoms with E-state index >= 15 is 0 Å². The highest BCUT2D eigenvalue weighted by molar-refractivity contribution is 6.30. The number of amides is 1. The third-order valence-electron chi connectivity index (χ3n) is 6.14. The van der Waals surface area contributed by atoms with Crippen molar-refractivity contribution in [1.29, 1.82) is 0 Å². The minimum atomic E-state index is -0.262. The molecular weight excluding hydrogens is 490 g/mol. The Morgan fingerprint density at radius 1 is 1.14 bits per heavy atom. The topological polar surface area (TPSA) is 94.6 Å². The van der Waals surface area contributed by atoms with Crippen LogP contribution in [0.2, 0.25) is 5.02 Å². The average Bonchev–Trinajstić information content (AvgIpc) is 3.53. The summed E-state index contributed by atoms with van der Waals surface area (Å²) in [6.07, 6.45) is 3.56. The Hall–Kier alpha value is -4.43. The number of rotatable bonds is 7. The average molecular weight is 516 g/mol. The van der Waals surface area contributed by atoms with Crippen LogP contribution in [0.15, 0.2) is 79.0 Å². The first kappa shape index (κ1) is 24.3. The molecule has 0 radical (unpaired) electrons. The van der Waals surface area contributed by atoms with E-state index < -0.39 is 0 Å². The van der Waals surface area contributed by atoms with Crippen molar-refractivity contribution < 1.29 is 14.4 Å². The summed E-state index contributed by atoms with van der Waals surface area (Å²) < 4.78 is 6.84. The molecule has 0 bridgehead atoms. The van der Waals surface area contributed by atoms with Gasteiger partial charge >= 0.3 is 0 Å². The molecule has 0 spiro atoms. The number of benzene rings is 3. The minimum Gasteiger partial charge on any atom is -0.497 e. The number of halogens is 1. The number of nitrogens with two attached hydrogens (primary N) is 1. The smallest absolute Gasteiger partial charge is 0.256 e. The molecule has 0 saturated carbocycles. The number of hydrogen-bond acceptors (Lipinski definition) is 6. The summed E-state index contributed by atoms with van der Waals surface area (Å²) in [6.45, 7) is 2.95. The number of aromatic nitrogens is 2. The molecule has 0 atom stereocenters. The van der Waals surface area contributed by atoms with Crippen LogP contribution in [-0.2, 0) is 11.4 Å². The molecule has 3 aromatic carbocycles. The van der Waals surface area contributed by atoms with Gasteiger partial charge in [-0.05, 0) is 78.7 Å². The molecule has 9 heteroatoms. The molecule has 1 amide bonds. The molecule has 0 fully saturated rings. The fraction of sp³-hybridized carbons (Fsp3) is 0.143. The highest BCUT2D eigenvalue weighted by Crippen LogP contribution is 2.30. The van der Waals surface area contributed by atoms with Crippen LogP contribution >= 0.6 is 11.6 Å². The van der Waals surface area contributed by atoms with Crippen LogP contribution in [-0.4, -0.2) is 29.3 Å². The number of nitrogens with one attached hydrogen (secondary N) is 1. The molecule has 1 aliphatic rings. The number of anilines is 3. The number of carbonyl (C=O) groups is 1. The number of carbonyl (C=O) groups excluding carboxylic acids is 1. The summed E-state index contributed by atoms with van der Waals surface area (Å²) in [6, 6.07) is 20.7. The zero-order valence-electron chi connectivity index (χ0n) is 20.4. The maximum Gasteiger partial charge on any atom is 0.256 e. The van der Waals surface area contributed by atoms with E-state index in [1.807, 2.05) is 73.7 Å². The molecule has 0 unspecified atom stereocenters. The van der Waals surface area contributed by atoms with E-state index in [2.05, 4.69) is 10.4 Å². The first-order valence-corrected chi connectivity index (χ1v) is 12.1. The molecule has 0 saturated heterocycles. The van der Waals surface area contributed by atoms with E-state index in [4.69, 9.17) is 26.9 Å². The molecule has 3 N–H and O–H groups in total. The van der Waals surface area contributed by atoms with Gasteiger partial charge in [-0.15, -0.1) is 0 Å². The van der Waals surface area contributed by atoms with Gasteiger partial charge in [0.15, 0.2) is 5.76 Å². The lowest BCUT2D eigenvalue weighted by molar-refractivity contribution is 0.102. The number of aryl methyl sites for hydroxylation is 1. The standard InChI is InChI=1S/C28H26ClN5O3/c1-18-15-22(34-14-13-26(37-34)20-5-7-21(29)8-6-20)9-12-24(18)28(35)32-25-16-31-33(27(25)30)17-19-3-10-23(36-2)11-4-19/h3-13,15-16H,14,17,30H2,1-2H3,(H,32,35). The SMILES string of the molecule is COc1ccc(Cn2ncc(NC(=O)c3ccc(N4CC=C(c5ccc(Cl)cc5)O4)cc3C)c2N)cc1. The van der Waals surface area contributed by atoms with Crippen molar-refractivity contribution >= 4 is 40.5 Å². The molecule has 188 valence electrons. The van der Waals surface area contributed by atoms with E-state index in [1.54, 1.807) is 29.1 Å². The van der Waals surface area contributed by atoms with Gasteiger partial charge in [0, 0.05) is 16.1 Å². The normalized spacial score (nSPS) is 12.7. The largest absolute Gasteiger partial charge is 0.497 e. The molecular formula is C28H26ClN5O3. The zero-order chi connectivity index (χ0) is 25.9. The van der Waals surface area contributed by atoms with Gasteiger partial charge in [0.1, 0.15) is 17.3 Å². The van der Waals surface area contributed by atoms with E-state index in [1.165, 1.54) is 0 Å². The number of nitrogen functional groups attached to an aromatic ring is 1. The Balaban J connectivity index is 1.24. The molecule has 5 rings (SSSR count). The number of nitrogens with zero attached hydrogens (tertiary/aromatic N) is 3. The molecule has 1 aromatic heterocycles. The Morgan fingerprint density at radius 3 is 2.59 bits per heavy atom. The van der Waals surface area contributed by atoms with Crippen molar-refractivity contribution in [2.24, 2.45) is 0 Å². The number of methoxy groups -OCH3 is 1. The lowest BCUT2D eigenvalue weighted by Gasteiger charge is -2.20. The number of hydrogen-bond donors (Lipinski definition) is 2. The van der Waals surface area contributed by atoms with Crippen LogP contribution in [0.1, 0.15) is 27.0 Å². The summed E-state index contributed by atoms with van der Waals surface area (Å²) >= 11 is 5.98. The highest BCUT2D eigenvalue weighted by Gasteiger charge is 2.20. The molecule has 8 nitrogen and oxygen atoms in total. The Kier molecular flexibility index (Phi) is 6.74. The maximum absolute atomic E-state index is 13.0. The number of ether oxygens (including phenoxy) is 1. The fourth-order valence-corrected chi connectivity index (χ4v) is 4.20. The monoisotopic (exact) mass is 515 g/mol. The third kappa shape index (κ3) is 5.24. The van der Waals surface area contributed by atoms with Gasteiger partial charge in [-0.25, -0.2) is 9.75 Å². The predicted octanol–water partition coefficient (Wildman–Crippen LogP) is 5.53. The fourth-order valence-electron chi connectivity index (χ4n) is 4.07. The predicted molar refractivity (Wildman–Crippen MR) is 146 cm³/mol. The maximum atomic E-state index is 13.0. The molecule has 0 aliphatic carbocycles. The van der Waals surface area contributed by atoms with Crippen molar-refractivity contribution in [3.63, 3.8) is 0 Å². The van der Waals surface area contributed by atoms with Crippen LogP contribution in [0.3, 0.4) is 0 Å². The van der Waals surface area contributed by atoms with Gasteiger partial charge in [-0.1, -0.05) is 23.7 Å². The van der Waals surface area contributed by atoms with Crippen molar-refractivity contribution in [2.45, 2.75) is 13.5 Å². The van der Waals surface area contributed by atoms with E-state index in [0.29, 0.717) is 35.2 Å². The van der Waals surface area contributed by atoms with E-state index in [9.17, 15) is 4.79 Å². The van der Waals surface area contributed by atoms with Gasteiger partial charge in [0.2, 0.25) is 0 Å². The van der Waals surface area contributed by atoms with Crippen molar-refractivity contribution in [1.82, 2.24) is 9.78 Å². The van der Waals surface area contributed by atoms with Gasteiger partial charge in [0.05, 0.1) is 32.1 Å². The second-order valence-corrected chi connectivity index (χ2v) is 9.07. The van der Waals surface area contributed by atoms with E-state index in [0.717, 1.165) is 33.9 Å². The van der Waals surface area contributed by atoms with Gasteiger partial charge in [-0.3, -0.25) is 4.79 Å². The van der Waals surface area contributed by atoms with Crippen LogP contribution in [0.5, 0.6) is 5.75 Å². The Bertz CT molecular complexity index is 1460. The van der Waals surface area contributed by atoms with Crippen molar-refractivity contribution in [3.05, 3.63) is 106 Å². The zero-order valence-corrected chi connectivity index (χ0v) is 21.2. The molecule has 37 heavy (non-hydrogen) atoms. The van der Waals surface area contributed by atoms with Gasteiger partial charge < -0.3 is 20.6 Å². The second kappa shape index (κ2) is 10.3.